The number of hydrogen-bond acceptors (Lipinski definition) is 1. The lowest BCUT2D eigenvalue weighted by Crippen LogP contribution is -2.23. The Morgan fingerprint density at radius 1 is 1.29 bits per heavy atom. The molecule has 0 aliphatic carbocycles. The highest BCUT2D eigenvalue weighted by Gasteiger charge is 2.15. The smallest absolute Gasteiger partial charge is 0.0333 e. The predicted molar refractivity (Wildman–Crippen MR) is 79.4 cm³/mol. The highest BCUT2D eigenvalue weighted by atomic mass is 79.9. The zero-order chi connectivity index (χ0) is 12.8. The molecule has 2 atom stereocenters. The van der Waals surface area contributed by atoms with Crippen LogP contribution in [0.3, 0.4) is 0 Å². The van der Waals surface area contributed by atoms with Crippen LogP contribution in [0.5, 0.6) is 0 Å². The molecule has 1 N–H and O–H groups in total. The molecule has 0 saturated carbocycles. The molecule has 0 saturated heterocycles. The molecule has 0 heterocycles. The Bertz CT molecular complexity index is 349. The third-order valence-electron chi connectivity index (χ3n) is 3.32. The summed E-state index contributed by atoms with van der Waals surface area (Å²) in [5, 5.41) is 3.59. The molecule has 0 spiro atoms. The van der Waals surface area contributed by atoms with Gasteiger partial charge in [-0.05, 0) is 43.0 Å². The van der Waals surface area contributed by atoms with Crippen LogP contribution in [0.1, 0.15) is 50.8 Å². The first-order valence-electron chi connectivity index (χ1n) is 6.57. The van der Waals surface area contributed by atoms with E-state index in [0.717, 1.165) is 12.5 Å². The second kappa shape index (κ2) is 7.17. The van der Waals surface area contributed by atoms with Gasteiger partial charge in [0.25, 0.3) is 0 Å². The Balaban J connectivity index is 2.88. The Labute approximate surface area is 114 Å². The SMILES string of the molecule is CCNC(CC(C)CC)c1ccc(C)cc1Br. The van der Waals surface area contributed by atoms with Gasteiger partial charge in [-0.1, -0.05) is 55.3 Å². The van der Waals surface area contributed by atoms with Crippen molar-refractivity contribution in [2.24, 2.45) is 5.92 Å². The first-order chi connectivity index (χ1) is 8.08. The lowest BCUT2D eigenvalue weighted by Gasteiger charge is -2.23. The van der Waals surface area contributed by atoms with E-state index in [2.05, 4.69) is 67.1 Å². The number of halogens is 1. The number of hydrogen-bond donors (Lipinski definition) is 1. The number of rotatable bonds is 6. The average molecular weight is 298 g/mol. The fourth-order valence-corrected chi connectivity index (χ4v) is 2.82. The lowest BCUT2D eigenvalue weighted by molar-refractivity contribution is 0.407. The maximum atomic E-state index is 3.69. The zero-order valence-corrected chi connectivity index (χ0v) is 13.0. The van der Waals surface area contributed by atoms with Gasteiger partial charge in [0, 0.05) is 10.5 Å². The van der Waals surface area contributed by atoms with Crippen LogP contribution >= 0.6 is 15.9 Å². The van der Waals surface area contributed by atoms with E-state index in [4.69, 9.17) is 0 Å². The summed E-state index contributed by atoms with van der Waals surface area (Å²) in [6.45, 7) is 9.91. The number of nitrogens with one attached hydrogen (secondary N) is 1. The molecule has 1 aromatic carbocycles. The summed E-state index contributed by atoms with van der Waals surface area (Å²) in [4.78, 5) is 0. The molecule has 0 aliphatic rings. The van der Waals surface area contributed by atoms with Gasteiger partial charge in [-0.2, -0.15) is 0 Å². The van der Waals surface area contributed by atoms with Crippen molar-refractivity contribution in [3.8, 4) is 0 Å². The molecule has 1 aromatic rings. The molecule has 0 amide bonds. The van der Waals surface area contributed by atoms with E-state index in [1.54, 1.807) is 0 Å². The van der Waals surface area contributed by atoms with Crippen LogP contribution in [0.25, 0.3) is 0 Å². The summed E-state index contributed by atoms with van der Waals surface area (Å²) in [5.41, 5.74) is 2.69. The average Bonchev–Trinajstić information content (AvgIpc) is 2.28. The molecule has 1 rings (SSSR count). The monoisotopic (exact) mass is 297 g/mol. The van der Waals surface area contributed by atoms with Crippen LogP contribution in [-0.2, 0) is 0 Å². The van der Waals surface area contributed by atoms with Gasteiger partial charge >= 0.3 is 0 Å². The molecule has 0 aromatic heterocycles. The van der Waals surface area contributed by atoms with Crippen LogP contribution in [0.15, 0.2) is 22.7 Å². The third kappa shape index (κ3) is 4.44. The van der Waals surface area contributed by atoms with Gasteiger partial charge in [-0.15, -0.1) is 0 Å². The Hall–Kier alpha value is -0.340. The Morgan fingerprint density at radius 2 is 2.00 bits per heavy atom. The van der Waals surface area contributed by atoms with Crippen LogP contribution in [-0.4, -0.2) is 6.54 Å². The topological polar surface area (TPSA) is 12.0 Å². The standard InChI is InChI=1S/C15H24BrN/c1-5-11(3)10-15(17-6-2)13-8-7-12(4)9-14(13)16/h7-9,11,15,17H,5-6,10H2,1-4H3. The molecule has 17 heavy (non-hydrogen) atoms. The van der Waals surface area contributed by atoms with E-state index >= 15 is 0 Å². The van der Waals surface area contributed by atoms with Crippen molar-refractivity contribution < 1.29 is 0 Å². The van der Waals surface area contributed by atoms with Gasteiger partial charge in [-0.3, -0.25) is 0 Å². The van der Waals surface area contributed by atoms with Crippen LogP contribution in [0.2, 0.25) is 0 Å². The summed E-state index contributed by atoms with van der Waals surface area (Å²) in [6, 6.07) is 7.11. The van der Waals surface area contributed by atoms with Gasteiger partial charge in [0.15, 0.2) is 0 Å². The summed E-state index contributed by atoms with van der Waals surface area (Å²) in [6.07, 6.45) is 2.44. The lowest BCUT2D eigenvalue weighted by atomic mass is 9.94. The molecule has 1 nitrogen and oxygen atoms in total. The predicted octanol–water partition coefficient (Wildman–Crippen LogP) is 4.84. The quantitative estimate of drug-likeness (QED) is 0.792. The largest absolute Gasteiger partial charge is 0.310 e. The molecule has 0 bridgehead atoms. The van der Waals surface area contributed by atoms with Crippen molar-refractivity contribution in [2.45, 2.75) is 46.6 Å². The van der Waals surface area contributed by atoms with Crippen LogP contribution < -0.4 is 5.32 Å². The van der Waals surface area contributed by atoms with Gasteiger partial charge in [0.1, 0.15) is 0 Å². The van der Waals surface area contributed by atoms with Gasteiger partial charge < -0.3 is 5.32 Å². The number of aryl methyl sites for hydroxylation is 1. The second-order valence-corrected chi connectivity index (χ2v) is 5.74. The van der Waals surface area contributed by atoms with E-state index in [0.29, 0.717) is 6.04 Å². The maximum absolute atomic E-state index is 3.69. The first-order valence-corrected chi connectivity index (χ1v) is 7.37. The van der Waals surface area contributed by atoms with Crippen molar-refractivity contribution in [3.63, 3.8) is 0 Å². The van der Waals surface area contributed by atoms with Crippen molar-refractivity contribution in [2.75, 3.05) is 6.54 Å². The van der Waals surface area contributed by atoms with E-state index < -0.39 is 0 Å². The zero-order valence-electron chi connectivity index (χ0n) is 11.4. The fourth-order valence-electron chi connectivity index (χ4n) is 2.05. The maximum Gasteiger partial charge on any atom is 0.0333 e. The first kappa shape index (κ1) is 14.7. The summed E-state index contributed by atoms with van der Waals surface area (Å²) in [7, 11) is 0. The highest BCUT2D eigenvalue weighted by Crippen LogP contribution is 2.29. The molecule has 0 fully saturated rings. The van der Waals surface area contributed by atoms with E-state index in [1.807, 2.05) is 0 Å². The summed E-state index contributed by atoms with van der Waals surface area (Å²) >= 11 is 3.69. The Kier molecular flexibility index (Phi) is 6.21. The molecule has 0 aliphatic heterocycles. The van der Waals surface area contributed by atoms with Crippen molar-refractivity contribution in [1.29, 1.82) is 0 Å². The molecule has 2 unspecified atom stereocenters. The minimum absolute atomic E-state index is 0.463. The van der Waals surface area contributed by atoms with E-state index in [1.165, 1.54) is 28.4 Å². The normalized spacial score (nSPS) is 14.6. The summed E-state index contributed by atoms with van der Waals surface area (Å²) in [5.74, 6) is 0.757. The van der Waals surface area contributed by atoms with Gasteiger partial charge in [0.2, 0.25) is 0 Å². The minimum atomic E-state index is 0.463. The van der Waals surface area contributed by atoms with Gasteiger partial charge in [0.05, 0.1) is 0 Å². The fraction of sp³-hybridized carbons (Fsp3) is 0.600. The molecular weight excluding hydrogens is 274 g/mol. The summed E-state index contributed by atoms with van der Waals surface area (Å²) < 4.78 is 1.23. The molecule has 0 radical (unpaired) electrons. The van der Waals surface area contributed by atoms with E-state index in [9.17, 15) is 0 Å². The van der Waals surface area contributed by atoms with E-state index in [-0.39, 0.29) is 0 Å². The third-order valence-corrected chi connectivity index (χ3v) is 4.00. The molecule has 96 valence electrons. The highest BCUT2D eigenvalue weighted by molar-refractivity contribution is 9.10. The van der Waals surface area contributed by atoms with Crippen molar-refractivity contribution in [3.05, 3.63) is 33.8 Å². The van der Waals surface area contributed by atoms with Crippen molar-refractivity contribution in [1.82, 2.24) is 5.32 Å². The molecule has 2 heteroatoms. The molecular formula is C15H24BrN. The number of benzene rings is 1. The minimum Gasteiger partial charge on any atom is -0.310 e. The van der Waals surface area contributed by atoms with Crippen LogP contribution in [0, 0.1) is 12.8 Å². The van der Waals surface area contributed by atoms with Crippen LogP contribution in [0.4, 0.5) is 0 Å². The Morgan fingerprint density at radius 3 is 2.53 bits per heavy atom. The van der Waals surface area contributed by atoms with Crippen molar-refractivity contribution >= 4 is 15.9 Å². The second-order valence-electron chi connectivity index (χ2n) is 4.88. The van der Waals surface area contributed by atoms with Gasteiger partial charge in [-0.25, -0.2) is 0 Å².